The van der Waals surface area contributed by atoms with Crippen LogP contribution in [0.1, 0.15) is 54.2 Å². The molecule has 0 radical (unpaired) electrons. The Morgan fingerprint density at radius 1 is 1.02 bits per heavy atom. The second-order valence-corrected chi connectivity index (χ2v) is 11.6. The number of likely N-dealkylation sites (tertiary alicyclic amines) is 2. The molecule has 2 amide bonds. The highest BCUT2D eigenvalue weighted by Crippen LogP contribution is 2.27. The highest BCUT2D eigenvalue weighted by molar-refractivity contribution is 5.93. The number of hydrogen-bond donors (Lipinski definition) is 2. The predicted octanol–water partition coefficient (Wildman–Crippen LogP) is 1.70. The van der Waals surface area contributed by atoms with E-state index < -0.39 is 6.10 Å². The normalized spacial score (nSPS) is 25.6. The van der Waals surface area contributed by atoms with E-state index in [4.69, 9.17) is 9.47 Å². The smallest absolute Gasteiger partial charge is 0.319 e. The Bertz CT molecular complexity index is 1250. The Morgan fingerprint density at radius 2 is 1.80 bits per heavy atom. The average Bonchev–Trinajstić information content (AvgIpc) is 3.49. The molecule has 3 fully saturated rings. The molecule has 0 saturated carbocycles. The largest absolute Gasteiger partial charge is 0.458 e. The second kappa shape index (κ2) is 12.3. The standard InChI is InChI=1S/C30H40N6O5/c1-20(37)34-12-7-23(8-13-34)31-28-16-25(32-30(33-28)41-24-10-15-40-19-24)29(39)36-14-9-26(27(38)18-36)35-11-6-21-4-2-3-5-22(21)17-35/h2-5,16,23-24,26-27,38H,6-15,17-19H2,1H3,(H,31,32,33)/t24-,26-,27-/m1/s1. The number of aliphatic hydroxyl groups excluding tert-OH is 1. The topological polar surface area (TPSA) is 120 Å². The van der Waals surface area contributed by atoms with Crippen molar-refractivity contribution >= 4 is 17.6 Å². The van der Waals surface area contributed by atoms with E-state index in [1.54, 1.807) is 17.9 Å². The zero-order valence-electron chi connectivity index (χ0n) is 23.7. The van der Waals surface area contributed by atoms with Gasteiger partial charge in [0, 0.05) is 70.8 Å². The zero-order chi connectivity index (χ0) is 28.3. The fraction of sp³-hybridized carbons (Fsp3) is 0.600. The lowest BCUT2D eigenvalue weighted by Crippen LogP contribution is -2.56. The first kappa shape index (κ1) is 27.9. The third kappa shape index (κ3) is 6.47. The lowest BCUT2D eigenvalue weighted by molar-refractivity contribution is -0.129. The van der Waals surface area contributed by atoms with Crippen molar-refractivity contribution in [1.82, 2.24) is 24.7 Å². The van der Waals surface area contributed by atoms with Crippen LogP contribution in [0.4, 0.5) is 5.82 Å². The first-order chi connectivity index (χ1) is 19.9. The molecule has 0 spiro atoms. The number of β-amino-alcohol motifs (C(OH)–C–C–N with tert-alkyl or cyclic N) is 1. The number of aliphatic hydroxyl groups is 1. The number of nitrogens with one attached hydrogen (secondary N) is 1. The van der Waals surface area contributed by atoms with Crippen LogP contribution in [0.3, 0.4) is 0 Å². The number of rotatable bonds is 6. The fourth-order valence-corrected chi connectivity index (χ4v) is 6.46. The van der Waals surface area contributed by atoms with Crippen LogP contribution >= 0.6 is 0 Å². The van der Waals surface area contributed by atoms with Crippen LogP contribution < -0.4 is 10.1 Å². The molecule has 4 aliphatic rings. The monoisotopic (exact) mass is 564 g/mol. The number of hydrogen-bond acceptors (Lipinski definition) is 9. The molecular formula is C30H40N6O5. The van der Waals surface area contributed by atoms with Crippen molar-refractivity contribution in [2.24, 2.45) is 0 Å². The van der Waals surface area contributed by atoms with Crippen LogP contribution in [0.2, 0.25) is 0 Å². The molecule has 1 aromatic heterocycles. The molecule has 0 unspecified atom stereocenters. The van der Waals surface area contributed by atoms with Crippen molar-refractivity contribution in [2.45, 2.75) is 69.9 Å². The van der Waals surface area contributed by atoms with Crippen LogP contribution in [0.25, 0.3) is 0 Å². The lowest BCUT2D eigenvalue weighted by atomic mass is 9.94. The van der Waals surface area contributed by atoms with Crippen LogP contribution in [0.5, 0.6) is 6.01 Å². The fourth-order valence-electron chi connectivity index (χ4n) is 6.46. The van der Waals surface area contributed by atoms with Crippen LogP contribution in [-0.4, -0.2) is 112 Å². The maximum absolute atomic E-state index is 13.7. The highest BCUT2D eigenvalue weighted by Gasteiger charge is 2.36. The van der Waals surface area contributed by atoms with Crippen LogP contribution in [0.15, 0.2) is 30.3 Å². The molecule has 1 aromatic carbocycles. The van der Waals surface area contributed by atoms with Gasteiger partial charge >= 0.3 is 6.01 Å². The lowest BCUT2D eigenvalue weighted by Gasteiger charge is -2.43. The molecule has 2 N–H and O–H groups in total. The van der Waals surface area contributed by atoms with Crippen LogP contribution in [0, 0.1) is 0 Å². The predicted molar refractivity (Wildman–Crippen MR) is 152 cm³/mol. The van der Waals surface area contributed by atoms with Gasteiger partial charge in [-0.2, -0.15) is 9.97 Å². The Balaban J connectivity index is 1.13. The number of carbonyl (C=O) groups excluding carboxylic acids is 2. The summed E-state index contributed by atoms with van der Waals surface area (Å²) in [6.45, 7) is 6.58. The molecule has 3 saturated heterocycles. The zero-order valence-corrected chi connectivity index (χ0v) is 23.7. The Hall–Kier alpha value is -3.28. The number of anilines is 1. The van der Waals surface area contributed by atoms with Gasteiger partial charge in [0.15, 0.2) is 0 Å². The minimum absolute atomic E-state index is 0.0113. The maximum Gasteiger partial charge on any atom is 0.319 e. The molecule has 3 atom stereocenters. The molecule has 11 heteroatoms. The Morgan fingerprint density at radius 3 is 2.54 bits per heavy atom. The summed E-state index contributed by atoms with van der Waals surface area (Å²) in [6.07, 6.45) is 3.20. The van der Waals surface area contributed by atoms with Gasteiger partial charge in [0.1, 0.15) is 17.6 Å². The number of piperidine rings is 2. The van der Waals surface area contributed by atoms with Crippen molar-refractivity contribution in [2.75, 3.05) is 51.3 Å². The van der Waals surface area contributed by atoms with Gasteiger partial charge in [0.05, 0.1) is 19.3 Å². The van der Waals surface area contributed by atoms with Crippen molar-refractivity contribution in [3.05, 3.63) is 47.2 Å². The van der Waals surface area contributed by atoms with Crippen molar-refractivity contribution < 1.29 is 24.2 Å². The summed E-state index contributed by atoms with van der Waals surface area (Å²) in [7, 11) is 0. The van der Waals surface area contributed by atoms with E-state index in [0.717, 1.165) is 38.8 Å². The van der Waals surface area contributed by atoms with Gasteiger partial charge in [0.25, 0.3) is 5.91 Å². The highest BCUT2D eigenvalue weighted by atomic mass is 16.6. The number of nitrogens with zero attached hydrogens (tertiary/aromatic N) is 5. The van der Waals surface area contributed by atoms with Crippen LogP contribution in [-0.2, 0) is 22.5 Å². The van der Waals surface area contributed by atoms with E-state index in [0.29, 0.717) is 45.1 Å². The summed E-state index contributed by atoms with van der Waals surface area (Å²) < 4.78 is 11.5. The van der Waals surface area contributed by atoms with Gasteiger partial charge in [-0.1, -0.05) is 24.3 Å². The first-order valence-electron chi connectivity index (χ1n) is 14.9. The van der Waals surface area contributed by atoms with E-state index in [2.05, 4.69) is 44.5 Å². The minimum Gasteiger partial charge on any atom is -0.458 e. The van der Waals surface area contributed by atoms with Crippen molar-refractivity contribution in [3.8, 4) is 6.01 Å². The molecule has 4 aliphatic heterocycles. The van der Waals surface area contributed by atoms with Gasteiger partial charge in [-0.3, -0.25) is 14.5 Å². The molecule has 2 aromatic rings. The quantitative estimate of drug-likeness (QED) is 0.540. The molecule has 220 valence electrons. The summed E-state index contributed by atoms with van der Waals surface area (Å²) in [6, 6.07) is 10.5. The number of aromatic nitrogens is 2. The van der Waals surface area contributed by atoms with Gasteiger partial charge in [0.2, 0.25) is 5.91 Å². The van der Waals surface area contributed by atoms with Gasteiger partial charge in [-0.15, -0.1) is 0 Å². The van der Waals surface area contributed by atoms with Gasteiger partial charge < -0.3 is 29.7 Å². The Labute approximate surface area is 240 Å². The average molecular weight is 565 g/mol. The van der Waals surface area contributed by atoms with E-state index in [-0.39, 0.29) is 48.3 Å². The maximum atomic E-state index is 13.7. The Kier molecular flexibility index (Phi) is 8.36. The number of carbonyl (C=O) groups is 2. The second-order valence-electron chi connectivity index (χ2n) is 11.6. The van der Waals surface area contributed by atoms with E-state index in [1.807, 2.05) is 4.90 Å². The summed E-state index contributed by atoms with van der Waals surface area (Å²) in [4.78, 5) is 40.4. The first-order valence-corrected chi connectivity index (χ1v) is 14.9. The molecule has 6 rings (SSSR count). The van der Waals surface area contributed by atoms with E-state index in [9.17, 15) is 14.7 Å². The SMILES string of the molecule is CC(=O)N1CCC(Nc2cc(C(=O)N3CC[C@@H](N4CCc5ccccc5C4)[C@H](O)C3)nc(O[C@@H]3CCOC3)n2)CC1. The van der Waals surface area contributed by atoms with Gasteiger partial charge in [-0.25, -0.2) is 0 Å². The third-order valence-corrected chi connectivity index (χ3v) is 8.84. The summed E-state index contributed by atoms with van der Waals surface area (Å²) in [5.74, 6) is 0.376. The molecule has 11 nitrogen and oxygen atoms in total. The molecular weight excluding hydrogens is 524 g/mol. The number of benzene rings is 1. The summed E-state index contributed by atoms with van der Waals surface area (Å²) >= 11 is 0. The van der Waals surface area contributed by atoms with Gasteiger partial charge in [-0.05, 0) is 36.8 Å². The number of fused-ring (bicyclic) bond motifs is 1. The number of amides is 2. The summed E-state index contributed by atoms with van der Waals surface area (Å²) in [5, 5.41) is 14.6. The molecule has 0 bridgehead atoms. The third-order valence-electron chi connectivity index (χ3n) is 8.84. The van der Waals surface area contributed by atoms with Crippen molar-refractivity contribution in [1.29, 1.82) is 0 Å². The number of ether oxygens (including phenoxy) is 2. The van der Waals surface area contributed by atoms with Crippen molar-refractivity contribution in [3.63, 3.8) is 0 Å². The van der Waals surface area contributed by atoms with E-state index in [1.165, 1.54) is 11.1 Å². The van der Waals surface area contributed by atoms with E-state index >= 15 is 0 Å². The molecule has 41 heavy (non-hydrogen) atoms. The molecule has 5 heterocycles. The summed E-state index contributed by atoms with van der Waals surface area (Å²) in [5.41, 5.74) is 2.94. The molecule has 0 aliphatic carbocycles. The minimum atomic E-state index is -0.643.